The molecule has 3 aliphatic rings. The van der Waals surface area contributed by atoms with Gasteiger partial charge in [0.05, 0.1) is 18.7 Å². The smallest absolute Gasteiger partial charge is 0.275 e. The van der Waals surface area contributed by atoms with Gasteiger partial charge >= 0.3 is 0 Å². The van der Waals surface area contributed by atoms with Crippen molar-refractivity contribution in [2.75, 3.05) is 39.3 Å². The Labute approximate surface area is 158 Å². The molecule has 1 spiro atoms. The fourth-order valence-electron chi connectivity index (χ4n) is 5.54. The summed E-state index contributed by atoms with van der Waals surface area (Å²) in [5.41, 5.74) is 0.401. The van der Waals surface area contributed by atoms with Crippen LogP contribution in [0.15, 0.2) is 0 Å². The van der Waals surface area contributed by atoms with Gasteiger partial charge in [0, 0.05) is 19.7 Å². The normalized spacial score (nSPS) is 30.9. The van der Waals surface area contributed by atoms with Crippen molar-refractivity contribution in [2.24, 2.45) is 11.3 Å². The van der Waals surface area contributed by atoms with Crippen molar-refractivity contribution in [3.05, 3.63) is 0 Å². The van der Waals surface area contributed by atoms with E-state index in [0.717, 1.165) is 58.5 Å². The molecule has 26 heavy (non-hydrogen) atoms. The Hall–Kier alpha value is -0.260. The number of nitrogens with zero attached hydrogens (tertiary/aromatic N) is 2. The van der Waals surface area contributed by atoms with Gasteiger partial charge in [0.25, 0.3) is 5.92 Å². The van der Waals surface area contributed by atoms with E-state index in [1.165, 1.54) is 12.8 Å². The van der Waals surface area contributed by atoms with Crippen molar-refractivity contribution in [3.8, 4) is 0 Å². The van der Waals surface area contributed by atoms with E-state index < -0.39 is 12.0 Å². The number of ether oxygens (including phenoxy) is 1. The molecule has 2 aliphatic heterocycles. The van der Waals surface area contributed by atoms with Crippen LogP contribution in [-0.4, -0.2) is 67.2 Å². The predicted octanol–water partition coefficient (Wildman–Crippen LogP) is 4.41. The molecule has 0 aromatic heterocycles. The maximum Gasteiger partial charge on any atom is 0.275 e. The minimum Gasteiger partial charge on any atom is -0.379 e. The molecule has 5 heteroatoms. The fraction of sp³-hybridized carbons (Fsp3) is 1.00. The molecule has 152 valence electrons. The zero-order valence-corrected chi connectivity index (χ0v) is 17.0. The fourth-order valence-corrected chi connectivity index (χ4v) is 5.54. The molecule has 1 aliphatic carbocycles. The Balaban J connectivity index is 1.50. The van der Waals surface area contributed by atoms with Crippen molar-refractivity contribution in [2.45, 2.75) is 83.8 Å². The predicted molar refractivity (Wildman–Crippen MR) is 102 cm³/mol. The van der Waals surface area contributed by atoms with Crippen LogP contribution in [-0.2, 0) is 4.74 Å². The summed E-state index contributed by atoms with van der Waals surface area (Å²) in [6.45, 7) is 10.3. The van der Waals surface area contributed by atoms with Crippen LogP contribution in [0.25, 0.3) is 0 Å². The van der Waals surface area contributed by atoms with E-state index in [0.29, 0.717) is 23.9 Å². The van der Waals surface area contributed by atoms with Gasteiger partial charge in [0.1, 0.15) is 0 Å². The first-order chi connectivity index (χ1) is 12.3. The Morgan fingerprint density at radius 1 is 1.00 bits per heavy atom. The molecule has 0 amide bonds. The lowest BCUT2D eigenvalue weighted by atomic mass is 9.67. The van der Waals surface area contributed by atoms with E-state index in [2.05, 4.69) is 25.7 Å². The van der Waals surface area contributed by atoms with Crippen molar-refractivity contribution in [1.29, 1.82) is 0 Å². The van der Waals surface area contributed by atoms with Crippen LogP contribution in [0.1, 0.15) is 65.7 Å². The second-order valence-corrected chi connectivity index (χ2v) is 9.39. The lowest BCUT2D eigenvalue weighted by Gasteiger charge is -2.50. The van der Waals surface area contributed by atoms with Gasteiger partial charge in [0.2, 0.25) is 0 Å². The van der Waals surface area contributed by atoms with Gasteiger partial charge in [-0.3, -0.25) is 9.80 Å². The van der Waals surface area contributed by atoms with Crippen LogP contribution in [0, 0.1) is 11.3 Å². The maximum atomic E-state index is 14.8. The van der Waals surface area contributed by atoms with Gasteiger partial charge in [-0.2, -0.15) is 0 Å². The SMILES string of the molecule is CCOC1CCC2(CC1)CCN(C1CCN(CC(C)C)CC1(F)F)CC2. The molecule has 3 nitrogen and oxygen atoms in total. The quantitative estimate of drug-likeness (QED) is 0.711. The Bertz CT molecular complexity index is 439. The van der Waals surface area contributed by atoms with Gasteiger partial charge < -0.3 is 4.74 Å². The molecule has 3 fully saturated rings. The first-order valence-corrected chi connectivity index (χ1v) is 10.8. The van der Waals surface area contributed by atoms with Gasteiger partial charge in [-0.25, -0.2) is 8.78 Å². The van der Waals surface area contributed by atoms with E-state index in [9.17, 15) is 8.78 Å². The van der Waals surface area contributed by atoms with Gasteiger partial charge in [-0.15, -0.1) is 0 Å². The largest absolute Gasteiger partial charge is 0.379 e. The number of alkyl halides is 2. The molecule has 1 atom stereocenters. The second kappa shape index (κ2) is 8.40. The third kappa shape index (κ3) is 4.77. The summed E-state index contributed by atoms with van der Waals surface area (Å²) in [7, 11) is 0. The molecular formula is C21H38F2N2O. The molecule has 1 unspecified atom stereocenters. The maximum absolute atomic E-state index is 14.8. The van der Waals surface area contributed by atoms with E-state index in [4.69, 9.17) is 4.74 Å². The Morgan fingerprint density at radius 2 is 1.65 bits per heavy atom. The minimum atomic E-state index is -2.58. The van der Waals surface area contributed by atoms with Crippen LogP contribution in [0.5, 0.6) is 0 Å². The third-order valence-corrected chi connectivity index (χ3v) is 6.96. The minimum absolute atomic E-state index is 0.0620. The summed E-state index contributed by atoms with van der Waals surface area (Å²) in [4.78, 5) is 4.08. The van der Waals surface area contributed by atoms with Crippen LogP contribution in [0.3, 0.4) is 0 Å². The standard InChI is InChI=1S/C21H38F2N2O/c1-4-26-18-5-8-20(9-6-18)10-13-25(14-11-20)19-7-12-24(15-17(2)3)16-21(19,22)23/h17-19H,4-16H2,1-3H3. The summed E-state index contributed by atoms with van der Waals surface area (Å²) in [5, 5.41) is 0. The van der Waals surface area contributed by atoms with Gasteiger partial charge in [-0.05, 0) is 76.3 Å². The zero-order valence-electron chi connectivity index (χ0n) is 17.0. The summed E-state index contributed by atoms with van der Waals surface area (Å²) >= 11 is 0. The number of hydrogen-bond donors (Lipinski definition) is 0. The van der Waals surface area contributed by atoms with Crippen LogP contribution < -0.4 is 0 Å². The van der Waals surface area contributed by atoms with Crippen molar-refractivity contribution < 1.29 is 13.5 Å². The third-order valence-electron chi connectivity index (χ3n) is 6.96. The molecular weight excluding hydrogens is 334 g/mol. The highest BCUT2D eigenvalue weighted by molar-refractivity contribution is 4.98. The number of piperidine rings is 2. The highest BCUT2D eigenvalue weighted by Gasteiger charge is 2.49. The number of likely N-dealkylation sites (tertiary alicyclic amines) is 2. The summed E-state index contributed by atoms with van der Waals surface area (Å²) < 4.78 is 35.4. The lowest BCUT2D eigenvalue weighted by Crippen LogP contribution is -2.60. The molecule has 2 heterocycles. The first-order valence-electron chi connectivity index (χ1n) is 10.8. The molecule has 0 aromatic carbocycles. The van der Waals surface area contributed by atoms with Crippen molar-refractivity contribution in [1.82, 2.24) is 9.80 Å². The molecule has 0 radical (unpaired) electrons. The van der Waals surface area contributed by atoms with Gasteiger partial charge in [0.15, 0.2) is 0 Å². The van der Waals surface area contributed by atoms with Crippen LogP contribution in [0.4, 0.5) is 8.78 Å². The van der Waals surface area contributed by atoms with Crippen molar-refractivity contribution >= 4 is 0 Å². The van der Waals surface area contributed by atoms with Crippen LogP contribution in [0.2, 0.25) is 0 Å². The molecule has 2 saturated heterocycles. The second-order valence-electron chi connectivity index (χ2n) is 9.39. The van der Waals surface area contributed by atoms with Gasteiger partial charge in [-0.1, -0.05) is 13.8 Å². The number of halogens is 2. The highest BCUT2D eigenvalue weighted by atomic mass is 19.3. The highest BCUT2D eigenvalue weighted by Crippen LogP contribution is 2.46. The lowest BCUT2D eigenvalue weighted by molar-refractivity contribution is -0.139. The Kier molecular flexibility index (Phi) is 6.62. The molecule has 1 saturated carbocycles. The van der Waals surface area contributed by atoms with Crippen molar-refractivity contribution in [3.63, 3.8) is 0 Å². The average molecular weight is 373 g/mol. The molecule has 3 rings (SSSR count). The average Bonchev–Trinajstić information content (AvgIpc) is 2.57. The summed E-state index contributed by atoms with van der Waals surface area (Å²) in [5.74, 6) is -2.13. The molecule has 0 N–H and O–H groups in total. The number of rotatable bonds is 5. The Morgan fingerprint density at radius 3 is 2.19 bits per heavy atom. The summed E-state index contributed by atoms with van der Waals surface area (Å²) in [6, 6.07) is -0.553. The number of hydrogen-bond acceptors (Lipinski definition) is 3. The molecule has 0 bridgehead atoms. The summed E-state index contributed by atoms with van der Waals surface area (Å²) in [6.07, 6.45) is 7.96. The van der Waals surface area contributed by atoms with E-state index >= 15 is 0 Å². The zero-order chi connectivity index (χ0) is 18.8. The van der Waals surface area contributed by atoms with Crippen LogP contribution >= 0.6 is 0 Å². The van der Waals surface area contributed by atoms with E-state index in [1.807, 2.05) is 4.90 Å². The topological polar surface area (TPSA) is 15.7 Å². The molecule has 0 aromatic rings. The first kappa shape index (κ1) is 20.5. The van der Waals surface area contributed by atoms with E-state index in [-0.39, 0.29) is 6.54 Å². The van der Waals surface area contributed by atoms with E-state index in [1.54, 1.807) is 0 Å². The monoisotopic (exact) mass is 372 g/mol.